The van der Waals surface area contributed by atoms with Crippen LogP contribution in [0.25, 0.3) is 0 Å². The Morgan fingerprint density at radius 2 is 2.00 bits per heavy atom. The van der Waals surface area contributed by atoms with Crippen molar-refractivity contribution in [1.29, 1.82) is 0 Å². The highest BCUT2D eigenvalue weighted by Gasteiger charge is 2.11. The van der Waals surface area contributed by atoms with Gasteiger partial charge in [0.25, 0.3) is 0 Å². The number of ether oxygens (including phenoxy) is 1. The highest BCUT2D eigenvalue weighted by atomic mass is 16.5. The molecule has 1 aromatic heterocycles. The molecule has 0 spiro atoms. The zero-order valence-corrected chi connectivity index (χ0v) is 12.0. The fraction of sp³-hybridized carbons (Fsp3) is 0.429. The lowest BCUT2D eigenvalue weighted by Gasteiger charge is -2.06. The molecule has 0 fully saturated rings. The normalized spacial score (nSPS) is 12.2. The Morgan fingerprint density at radius 1 is 1.25 bits per heavy atom. The molecule has 6 nitrogen and oxygen atoms in total. The maximum Gasteiger partial charge on any atom is 0.320 e. The first kappa shape index (κ1) is 14.3. The summed E-state index contributed by atoms with van der Waals surface area (Å²) in [6.07, 6.45) is 0.994. The van der Waals surface area contributed by atoms with Gasteiger partial charge in [0.15, 0.2) is 0 Å². The van der Waals surface area contributed by atoms with Crippen LogP contribution in [0.4, 0.5) is 11.7 Å². The summed E-state index contributed by atoms with van der Waals surface area (Å²) < 4.78 is 11.0. The molecule has 0 aliphatic heterocycles. The first-order valence-electron chi connectivity index (χ1n) is 6.73. The molecule has 0 aliphatic rings. The van der Waals surface area contributed by atoms with Gasteiger partial charge in [-0.1, -0.05) is 12.0 Å². The van der Waals surface area contributed by atoms with Crippen LogP contribution < -0.4 is 15.4 Å². The van der Waals surface area contributed by atoms with Crippen LogP contribution in [-0.2, 0) is 0 Å². The van der Waals surface area contributed by atoms with E-state index in [0.29, 0.717) is 11.9 Å². The van der Waals surface area contributed by atoms with Crippen molar-refractivity contribution < 1.29 is 9.15 Å². The van der Waals surface area contributed by atoms with Gasteiger partial charge < -0.3 is 19.8 Å². The number of nitrogens with one attached hydrogen (secondary N) is 2. The molecule has 1 heterocycles. The lowest BCUT2D eigenvalue weighted by molar-refractivity contribution is 0.317. The molecule has 0 aliphatic carbocycles. The summed E-state index contributed by atoms with van der Waals surface area (Å²) >= 11 is 0. The maximum atomic E-state index is 5.52. The second-order valence-corrected chi connectivity index (χ2v) is 4.45. The average Bonchev–Trinajstić information content (AvgIpc) is 2.94. The summed E-state index contributed by atoms with van der Waals surface area (Å²) in [5.74, 6) is 1.41. The Labute approximate surface area is 118 Å². The number of anilines is 2. The van der Waals surface area contributed by atoms with Crippen LogP contribution in [-0.4, -0.2) is 23.9 Å². The lowest BCUT2D eigenvalue weighted by Crippen LogP contribution is -2.12. The van der Waals surface area contributed by atoms with Crippen LogP contribution in [0.3, 0.4) is 0 Å². The van der Waals surface area contributed by atoms with Gasteiger partial charge in [-0.05, 0) is 44.7 Å². The topological polar surface area (TPSA) is 72.2 Å². The minimum absolute atomic E-state index is 0.0304. The number of hydrogen-bond donors (Lipinski definition) is 2. The Bertz CT molecular complexity index is 524. The Kier molecular flexibility index (Phi) is 4.95. The summed E-state index contributed by atoms with van der Waals surface area (Å²) in [5.41, 5.74) is 0.876. The zero-order chi connectivity index (χ0) is 14.4. The molecule has 0 bridgehead atoms. The minimum Gasteiger partial charge on any atom is -0.494 e. The molecule has 1 aromatic carbocycles. The summed E-state index contributed by atoms with van der Waals surface area (Å²) in [7, 11) is 1.84. The second kappa shape index (κ2) is 6.91. The van der Waals surface area contributed by atoms with E-state index in [0.717, 1.165) is 24.5 Å². The summed E-state index contributed by atoms with van der Waals surface area (Å²) in [4.78, 5) is 0. The quantitative estimate of drug-likeness (QED) is 0.810. The van der Waals surface area contributed by atoms with Gasteiger partial charge in [-0.3, -0.25) is 0 Å². The highest BCUT2D eigenvalue weighted by Crippen LogP contribution is 2.20. The van der Waals surface area contributed by atoms with Crippen molar-refractivity contribution in [2.24, 2.45) is 0 Å². The highest BCUT2D eigenvalue weighted by molar-refractivity contribution is 5.53. The molecule has 2 rings (SSSR count). The van der Waals surface area contributed by atoms with E-state index in [1.165, 1.54) is 0 Å². The Balaban J connectivity index is 1.97. The number of hydrogen-bond acceptors (Lipinski definition) is 6. The van der Waals surface area contributed by atoms with Crippen molar-refractivity contribution in [2.45, 2.75) is 26.3 Å². The Morgan fingerprint density at radius 3 is 2.65 bits per heavy atom. The van der Waals surface area contributed by atoms with E-state index in [1.54, 1.807) is 0 Å². The molecule has 20 heavy (non-hydrogen) atoms. The molecular weight excluding hydrogens is 256 g/mol. The van der Waals surface area contributed by atoms with Gasteiger partial charge in [-0.25, -0.2) is 0 Å². The van der Waals surface area contributed by atoms with Gasteiger partial charge >= 0.3 is 6.01 Å². The van der Waals surface area contributed by atoms with E-state index < -0.39 is 0 Å². The summed E-state index contributed by atoms with van der Waals surface area (Å²) in [6, 6.07) is 8.05. The maximum absolute atomic E-state index is 5.52. The predicted octanol–water partition coefficient (Wildman–Crippen LogP) is 2.88. The molecule has 2 N–H and O–H groups in total. The van der Waals surface area contributed by atoms with Gasteiger partial charge in [-0.15, -0.1) is 5.10 Å². The van der Waals surface area contributed by atoms with Gasteiger partial charge in [-0.2, -0.15) is 0 Å². The summed E-state index contributed by atoms with van der Waals surface area (Å²) in [5, 5.41) is 14.0. The van der Waals surface area contributed by atoms with E-state index in [4.69, 9.17) is 9.15 Å². The first-order chi connectivity index (χ1) is 9.72. The van der Waals surface area contributed by atoms with E-state index in [2.05, 4.69) is 27.8 Å². The van der Waals surface area contributed by atoms with Crippen molar-refractivity contribution in [3.8, 4) is 5.75 Å². The van der Waals surface area contributed by atoms with Crippen LogP contribution in [0.1, 0.15) is 32.2 Å². The van der Waals surface area contributed by atoms with E-state index in [1.807, 2.05) is 38.2 Å². The van der Waals surface area contributed by atoms with Crippen LogP contribution in [0, 0.1) is 0 Å². The van der Waals surface area contributed by atoms with E-state index in [9.17, 15) is 0 Å². The van der Waals surface area contributed by atoms with E-state index in [-0.39, 0.29) is 6.04 Å². The molecule has 1 atom stereocenters. The molecule has 6 heteroatoms. The van der Waals surface area contributed by atoms with Crippen LogP contribution in [0.15, 0.2) is 28.7 Å². The van der Waals surface area contributed by atoms with Gasteiger partial charge in [0, 0.05) is 5.69 Å². The number of benzene rings is 1. The second-order valence-electron chi connectivity index (χ2n) is 4.45. The third kappa shape index (κ3) is 3.71. The molecule has 0 amide bonds. The van der Waals surface area contributed by atoms with Crippen LogP contribution >= 0.6 is 0 Å². The largest absolute Gasteiger partial charge is 0.494 e. The monoisotopic (exact) mass is 276 g/mol. The predicted molar refractivity (Wildman–Crippen MR) is 77.3 cm³/mol. The van der Waals surface area contributed by atoms with Crippen molar-refractivity contribution >= 4 is 11.7 Å². The number of aromatic nitrogens is 2. The van der Waals surface area contributed by atoms with Gasteiger partial charge in [0.05, 0.1) is 12.6 Å². The van der Waals surface area contributed by atoms with Gasteiger partial charge in [0.1, 0.15) is 5.75 Å². The van der Waals surface area contributed by atoms with Crippen molar-refractivity contribution in [2.75, 3.05) is 19.0 Å². The van der Waals surface area contributed by atoms with Crippen LogP contribution in [0.2, 0.25) is 0 Å². The third-order valence-corrected chi connectivity index (χ3v) is 2.82. The van der Waals surface area contributed by atoms with Crippen molar-refractivity contribution in [3.05, 3.63) is 30.2 Å². The third-order valence-electron chi connectivity index (χ3n) is 2.82. The summed E-state index contributed by atoms with van der Waals surface area (Å²) in [6.45, 7) is 4.76. The Hall–Kier alpha value is -2.08. The number of rotatable bonds is 7. The standard InChI is InChI=1S/C14H20N4O2/c1-4-9-19-12-7-5-11(6-8-12)16-14-18-17-13(20-14)10(2)15-3/h5-8,10,15H,4,9H2,1-3H3,(H,16,18). The molecule has 2 aromatic rings. The zero-order valence-electron chi connectivity index (χ0n) is 12.0. The molecule has 0 radical (unpaired) electrons. The fourth-order valence-electron chi connectivity index (χ4n) is 1.56. The smallest absolute Gasteiger partial charge is 0.320 e. The van der Waals surface area contributed by atoms with Gasteiger partial charge in [0.2, 0.25) is 5.89 Å². The van der Waals surface area contributed by atoms with Crippen molar-refractivity contribution in [3.63, 3.8) is 0 Å². The fourth-order valence-corrected chi connectivity index (χ4v) is 1.56. The van der Waals surface area contributed by atoms with E-state index >= 15 is 0 Å². The average molecular weight is 276 g/mol. The number of nitrogens with zero attached hydrogens (tertiary/aromatic N) is 2. The molecule has 0 saturated carbocycles. The SMILES string of the molecule is CCCOc1ccc(Nc2nnc(C(C)NC)o2)cc1. The molecule has 108 valence electrons. The molecule has 1 unspecified atom stereocenters. The van der Waals surface area contributed by atoms with Crippen LogP contribution in [0.5, 0.6) is 5.75 Å². The molecule has 0 saturated heterocycles. The van der Waals surface area contributed by atoms with Crippen molar-refractivity contribution in [1.82, 2.24) is 15.5 Å². The lowest BCUT2D eigenvalue weighted by atomic mass is 10.3. The minimum atomic E-state index is 0.0304. The molecular formula is C14H20N4O2. The first-order valence-corrected chi connectivity index (χ1v) is 6.73.